The number of morpholine rings is 1. The predicted molar refractivity (Wildman–Crippen MR) is 127 cm³/mol. The highest BCUT2D eigenvalue weighted by molar-refractivity contribution is 14.0. The molecule has 0 aliphatic carbocycles. The Morgan fingerprint density at radius 1 is 1.23 bits per heavy atom. The maximum atomic E-state index is 5.46. The molecule has 1 aliphatic rings. The van der Waals surface area contributed by atoms with Crippen molar-refractivity contribution in [3.8, 4) is 11.6 Å². The van der Waals surface area contributed by atoms with E-state index >= 15 is 0 Å². The molecule has 0 spiro atoms. The van der Waals surface area contributed by atoms with E-state index in [2.05, 4.69) is 51.4 Å². The van der Waals surface area contributed by atoms with Crippen LogP contribution in [-0.2, 0) is 11.2 Å². The van der Waals surface area contributed by atoms with Gasteiger partial charge in [-0.05, 0) is 32.9 Å². The molecule has 30 heavy (non-hydrogen) atoms. The summed E-state index contributed by atoms with van der Waals surface area (Å²) < 4.78 is 10.8. The van der Waals surface area contributed by atoms with Gasteiger partial charge in [0.15, 0.2) is 11.8 Å². The summed E-state index contributed by atoms with van der Waals surface area (Å²) in [6, 6.07) is 5.60. The fourth-order valence-corrected chi connectivity index (χ4v) is 3.12. The van der Waals surface area contributed by atoms with Gasteiger partial charge in [-0.25, -0.2) is 0 Å². The summed E-state index contributed by atoms with van der Waals surface area (Å²) in [7, 11) is 0. The summed E-state index contributed by atoms with van der Waals surface area (Å²) in [6.07, 6.45) is 2.34. The molecule has 0 unspecified atom stereocenters. The van der Waals surface area contributed by atoms with Crippen LogP contribution in [0.25, 0.3) is 11.6 Å². The molecule has 2 aromatic heterocycles. The molecular weight excluding hydrogens is 497 g/mol. The van der Waals surface area contributed by atoms with E-state index in [4.69, 9.17) is 14.3 Å². The number of pyridine rings is 1. The summed E-state index contributed by atoms with van der Waals surface area (Å²) in [6.45, 7) is 12.1. The van der Waals surface area contributed by atoms with Gasteiger partial charge in [0.05, 0.1) is 19.8 Å². The minimum absolute atomic E-state index is 0. The van der Waals surface area contributed by atoms with Gasteiger partial charge < -0.3 is 19.9 Å². The zero-order valence-corrected chi connectivity index (χ0v) is 20.3. The predicted octanol–water partition coefficient (Wildman–Crippen LogP) is 1.96. The smallest absolute Gasteiger partial charge is 0.276 e. The summed E-state index contributed by atoms with van der Waals surface area (Å²) in [5.41, 5.74) is 0.664. The first-order chi connectivity index (χ1) is 14.1. The molecule has 0 saturated carbocycles. The second-order valence-corrected chi connectivity index (χ2v) is 7.51. The van der Waals surface area contributed by atoms with Gasteiger partial charge in [0, 0.05) is 44.3 Å². The van der Waals surface area contributed by atoms with Crippen molar-refractivity contribution in [3.63, 3.8) is 0 Å². The van der Waals surface area contributed by atoms with Crippen LogP contribution in [0.1, 0.15) is 26.6 Å². The van der Waals surface area contributed by atoms with Crippen LogP contribution in [0.15, 0.2) is 33.9 Å². The van der Waals surface area contributed by atoms with Gasteiger partial charge in [-0.3, -0.25) is 14.9 Å². The second-order valence-electron chi connectivity index (χ2n) is 7.51. The number of rotatable bonds is 8. The highest BCUT2D eigenvalue weighted by Crippen LogP contribution is 2.16. The van der Waals surface area contributed by atoms with E-state index in [1.807, 2.05) is 18.2 Å². The van der Waals surface area contributed by atoms with Crippen molar-refractivity contribution in [3.05, 3.63) is 30.2 Å². The number of hydrogen-bond acceptors (Lipinski definition) is 7. The zero-order chi connectivity index (χ0) is 20.5. The van der Waals surface area contributed by atoms with E-state index in [0.29, 0.717) is 36.9 Å². The van der Waals surface area contributed by atoms with E-state index in [9.17, 15) is 0 Å². The van der Waals surface area contributed by atoms with E-state index in [1.54, 1.807) is 6.20 Å². The topological polar surface area (TPSA) is 101 Å². The molecule has 166 valence electrons. The average Bonchev–Trinajstić information content (AvgIpc) is 3.22. The van der Waals surface area contributed by atoms with Crippen molar-refractivity contribution in [1.29, 1.82) is 0 Å². The molecule has 1 aliphatic heterocycles. The molecule has 0 atom stereocenters. The number of hydrogen-bond donors (Lipinski definition) is 2. The molecule has 0 radical (unpaired) electrons. The summed E-state index contributed by atoms with van der Waals surface area (Å²) in [4.78, 5) is 15.9. The Bertz CT molecular complexity index is 776. The van der Waals surface area contributed by atoms with Crippen LogP contribution in [-0.4, -0.2) is 77.5 Å². The molecule has 1 fully saturated rings. The molecule has 1 saturated heterocycles. The first kappa shape index (κ1) is 24.5. The lowest BCUT2D eigenvalue weighted by Gasteiger charge is -2.39. The molecule has 0 bridgehead atoms. The highest BCUT2D eigenvalue weighted by Gasteiger charge is 2.28. The van der Waals surface area contributed by atoms with Gasteiger partial charge in [0.1, 0.15) is 5.69 Å². The monoisotopic (exact) mass is 529 g/mol. The molecule has 3 heterocycles. The van der Waals surface area contributed by atoms with Gasteiger partial charge in [0.25, 0.3) is 5.89 Å². The standard InChI is InChI=1S/C20H31N7O2.HI/c1-4-21-19(24-15-20(2,3)27-11-13-28-14-12-27)23-10-8-17-25-18(29-26-17)16-7-5-6-9-22-16;/h5-7,9H,4,8,10-15H2,1-3H3,(H2,21,23,24);1H. The van der Waals surface area contributed by atoms with Crippen LogP contribution in [0.2, 0.25) is 0 Å². The maximum absolute atomic E-state index is 5.46. The summed E-state index contributed by atoms with van der Waals surface area (Å²) in [5.74, 6) is 1.87. The number of halogens is 1. The normalized spacial score (nSPS) is 15.5. The molecular formula is C20H32IN7O2. The van der Waals surface area contributed by atoms with E-state index in [1.165, 1.54) is 0 Å². The van der Waals surface area contributed by atoms with Crippen molar-refractivity contribution in [2.75, 3.05) is 45.9 Å². The Morgan fingerprint density at radius 3 is 2.73 bits per heavy atom. The average molecular weight is 529 g/mol. The van der Waals surface area contributed by atoms with E-state index < -0.39 is 0 Å². The lowest BCUT2D eigenvalue weighted by atomic mass is 10.0. The largest absolute Gasteiger partial charge is 0.379 e. The van der Waals surface area contributed by atoms with Crippen LogP contribution in [0, 0.1) is 0 Å². The van der Waals surface area contributed by atoms with Crippen molar-refractivity contribution in [2.45, 2.75) is 32.7 Å². The molecule has 9 nitrogen and oxygen atoms in total. The van der Waals surface area contributed by atoms with Crippen LogP contribution >= 0.6 is 24.0 Å². The molecule has 10 heteroatoms. The van der Waals surface area contributed by atoms with Gasteiger partial charge in [-0.1, -0.05) is 11.2 Å². The number of aliphatic imine (C=N–C) groups is 1. The minimum atomic E-state index is -0.0165. The SMILES string of the molecule is CCNC(=NCC(C)(C)N1CCOCC1)NCCc1noc(-c2ccccn2)n1.I. The fraction of sp³-hybridized carbons (Fsp3) is 0.600. The van der Waals surface area contributed by atoms with Crippen molar-refractivity contribution < 1.29 is 9.26 Å². The molecule has 2 aromatic rings. The van der Waals surface area contributed by atoms with Gasteiger partial charge in [-0.15, -0.1) is 24.0 Å². The Labute approximate surface area is 195 Å². The number of nitrogens with zero attached hydrogens (tertiary/aromatic N) is 5. The Hall–Kier alpha value is -1.79. The second kappa shape index (κ2) is 12.2. The third-order valence-electron chi connectivity index (χ3n) is 4.83. The summed E-state index contributed by atoms with van der Waals surface area (Å²) >= 11 is 0. The van der Waals surface area contributed by atoms with Gasteiger partial charge >= 0.3 is 0 Å². The first-order valence-corrected chi connectivity index (χ1v) is 10.2. The van der Waals surface area contributed by atoms with E-state index in [-0.39, 0.29) is 29.5 Å². The van der Waals surface area contributed by atoms with Crippen LogP contribution in [0.5, 0.6) is 0 Å². The lowest BCUT2D eigenvalue weighted by Crippen LogP contribution is -2.52. The lowest BCUT2D eigenvalue weighted by molar-refractivity contribution is -0.00683. The molecule has 0 amide bonds. The van der Waals surface area contributed by atoms with Crippen LogP contribution in [0.4, 0.5) is 0 Å². The van der Waals surface area contributed by atoms with Crippen molar-refractivity contribution >= 4 is 29.9 Å². The van der Waals surface area contributed by atoms with E-state index in [0.717, 1.165) is 38.8 Å². The fourth-order valence-electron chi connectivity index (χ4n) is 3.12. The van der Waals surface area contributed by atoms with Gasteiger partial charge in [-0.2, -0.15) is 4.98 Å². The maximum Gasteiger partial charge on any atom is 0.276 e. The number of aromatic nitrogens is 3. The van der Waals surface area contributed by atoms with Crippen molar-refractivity contribution in [1.82, 2.24) is 30.7 Å². The highest BCUT2D eigenvalue weighted by atomic mass is 127. The van der Waals surface area contributed by atoms with Crippen molar-refractivity contribution in [2.24, 2.45) is 4.99 Å². The summed E-state index contributed by atoms with van der Waals surface area (Å²) in [5, 5.41) is 10.7. The van der Waals surface area contributed by atoms with Crippen LogP contribution < -0.4 is 10.6 Å². The quantitative estimate of drug-likeness (QED) is 0.304. The minimum Gasteiger partial charge on any atom is -0.379 e. The zero-order valence-electron chi connectivity index (χ0n) is 17.9. The third kappa shape index (κ3) is 7.17. The third-order valence-corrected chi connectivity index (χ3v) is 4.83. The Balaban J connectivity index is 0.00000320. The van der Waals surface area contributed by atoms with Crippen LogP contribution in [0.3, 0.4) is 0 Å². The molecule has 0 aromatic carbocycles. The number of ether oxygens (including phenoxy) is 1. The first-order valence-electron chi connectivity index (χ1n) is 10.2. The molecule has 2 N–H and O–H groups in total. The Morgan fingerprint density at radius 2 is 2.03 bits per heavy atom. The Kier molecular flexibility index (Phi) is 9.92. The van der Waals surface area contributed by atoms with Gasteiger partial charge in [0.2, 0.25) is 0 Å². The number of guanidine groups is 1. The molecule has 3 rings (SSSR count). The number of nitrogens with one attached hydrogen (secondary N) is 2.